The van der Waals surface area contributed by atoms with E-state index >= 15 is 0 Å². The van der Waals surface area contributed by atoms with Crippen LogP contribution in [-0.4, -0.2) is 27.0 Å². The molecular weight excluding hydrogens is 454 g/mol. The van der Waals surface area contributed by atoms with E-state index in [4.69, 9.17) is 9.72 Å². The second kappa shape index (κ2) is 10.1. The molecule has 1 aromatic heterocycles. The van der Waals surface area contributed by atoms with E-state index in [0.29, 0.717) is 28.0 Å². The number of fused-ring (bicyclic) bond motifs is 1. The molecule has 0 saturated carbocycles. The smallest absolute Gasteiger partial charge is 0.335 e. The molecular formula is C29H21N3O4. The summed E-state index contributed by atoms with van der Waals surface area (Å²) in [6, 6.07) is 30.5. The van der Waals surface area contributed by atoms with Crippen LogP contribution in [0.3, 0.4) is 0 Å². The summed E-state index contributed by atoms with van der Waals surface area (Å²) in [5.41, 5.74) is 2.66. The van der Waals surface area contributed by atoms with Gasteiger partial charge in [0.05, 0.1) is 22.7 Å². The van der Waals surface area contributed by atoms with Crippen LogP contribution < -0.4 is 10.3 Å². The van der Waals surface area contributed by atoms with Gasteiger partial charge in [-0.1, -0.05) is 66.7 Å². The zero-order valence-electron chi connectivity index (χ0n) is 19.1. The fraction of sp³-hybridized carbons (Fsp3) is 0.0345. The number of rotatable bonds is 7. The van der Waals surface area contributed by atoms with E-state index in [9.17, 15) is 14.7 Å². The van der Waals surface area contributed by atoms with Gasteiger partial charge in [0.15, 0.2) is 5.82 Å². The Hall–Kier alpha value is -5.04. The number of carboxylic acid groups (broad SMARTS) is 1. The van der Waals surface area contributed by atoms with Crippen molar-refractivity contribution in [1.29, 1.82) is 0 Å². The Morgan fingerprint density at radius 1 is 0.917 bits per heavy atom. The van der Waals surface area contributed by atoms with Crippen LogP contribution in [0.15, 0.2) is 113 Å². The van der Waals surface area contributed by atoms with E-state index in [0.717, 1.165) is 11.1 Å². The number of hydrogen-bond acceptors (Lipinski definition) is 5. The van der Waals surface area contributed by atoms with Crippen LogP contribution in [0.25, 0.3) is 22.3 Å². The third kappa shape index (κ3) is 4.76. The average Bonchev–Trinajstić information content (AvgIpc) is 2.92. The van der Waals surface area contributed by atoms with Crippen molar-refractivity contribution in [3.8, 4) is 17.1 Å². The van der Waals surface area contributed by atoms with Crippen LogP contribution in [0.5, 0.6) is 5.75 Å². The SMILES string of the molecule is O=C(O)c1cccc(COc2ccccc2C=Nn2c(-c3ccccc3)nc3ccccc3c2=O)c1. The van der Waals surface area contributed by atoms with Gasteiger partial charge in [-0.3, -0.25) is 4.79 Å². The molecule has 0 unspecified atom stereocenters. The van der Waals surface area contributed by atoms with Gasteiger partial charge in [-0.2, -0.15) is 9.78 Å². The van der Waals surface area contributed by atoms with Gasteiger partial charge in [-0.05, 0) is 42.0 Å². The summed E-state index contributed by atoms with van der Waals surface area (Å²) < 4.78 is 7.27. The van der Waals surface area contributed by atoms with Crippen molar-refractivity contribution in [1.82, 2.24) is 9.66 Å². The molecule has 0 atom stereocenters. The Bertz CT molecular complexity index is 1640. The van der Waals surface area contributed by atoms with E-state index in [2.05, 4.69) is 5.10 Å². The van der Waals surface area contributed by atoms with Gasteiger partial charge in [0.1, 0.15) is 12.4 Å². The number of carbonyl (C=O) groups is 1. The monoisotopic (exact) mass is 475 g/mol. The molecule has 0 aliphatic heterocycles. The highest BCUT2D eigenvalue weighted by molar-refractivity contribution is 5.87. The highest BCUT2D eigenvalue weighted by Crippen LogP contribution is 2.21. The number of para-hydroxylation sites is 2. The van der Waals surface area contributed by atoms with Gasteiger partial charge >= 0.3 is 5.97 Å². The molecule has 0 radical (unpaired) electrons. The van der Waals surface area contributed by atoms with Gasteiger partial charge < -0.3 is 9.84 Å². The summed E-state index contributed by atoms with van der Waals surface area (Å²) in [6.45, 7) is 0.179. The highest BCUT2D eigenvalue weighted by Gasteiger charge is 2.12. The minimum absolute atomic E-state index is 0.179. The highest BCUT2D eigenvalue weighted by atomic mass is 16.5. The molecule has 36 heavy (non-hydrogen) atoms. The summed E-state index contributed by atoms with van der Waals surface area (Å²) in [5, 5.41) is 14.2. The van der Waals surface area contributed by atoms with Crippen molar-refractivity contribution in [3.05, 3.63) is 130 Å². The maximum absolute atomic E-state index is 13.4. The Morgan fingerprint density at radius 2 is 1.67 bits per heavy atom. The molecule has 1 heterocycles. The average molecular weight is 476 g/mol. The molecule has 7 heteroatoms. The van der Waals surface area contributed by atoms with Crippen LogP contribution >= 0.6 is 0 Å². The molecule has 0 aliphatic rings. The van der Waals surface area contributed by atoms with Crippen LogP contribution in [0.4, 0.5) is 0 Å². The molecule has 0 bridgehead atoms. The summed E-state index contributed by atoms with van der Waals surface area (Å²) in [6.07, 6.45) is 1.56. The first-order valence-corrected chi connectivity index (χ1v) is 11.3. The molecule has 0 fully saturated rings. The van der Waals surface area contributed by atoms with E-state index < -0.39 is 5.97 Å². The van der Waals surface area contributed by atoms with Crippen molar-refractivity contribution < 1.29 is 14.6 Å². The number of nitrogens with zero attached hydrogens (tertiary/aromatic N) is 3. The number of hydrogen-bond donors (Lipinski definition) is 1. The number of aromatic nitrogens is 2. The molecule has 5 aromatic rings. The van der Waals surface area contributed by atoms with Gasteiger partial charge in [-0.15, -0.1) is 0 Å². The standard InChI is InChI=1S/C29H21N3O4/c33-28-24-14-5-6-15-25(24)31-27(21-10-2-1-3-11-21)32(28)30-18-23-12-4-7-16-26(23)36-19-20-9-8-13-22(17-20)29(34)35/h1-18H,19H2,(H,34,35). The topological polar surface area (TPSA) is 93.8 Å². The predicted molar refractivity (Wildman–Crippen MR) is 139 cm³/mol. The van der Waals surface area contributed by atoms with Crippen molar-refractivity contribution in [2.45, 2.75) is 6.61 Å². The normalized spacial score (nSPS) is 11.1. The number of carboxylic acids is 1. The molecule has 5 rings (SSSR count). The van der Waals surface area contributed by atoms with Crippen molar-refractivity contribution in [2.24, 2.45) is 5.10 Å². The lowest BCUT2D eigenvalue weighted by Crippen LogP contribution is -2.20. The first-order valence-electron chi connectivity index (χ1n) is 11.3. The van der Waals surface area contributed by atoms with Crippen LogP contribution in [0, 0.1) is 0 Å². The van der Waals surface area contributed by atoms with Crippen LogP contribution in [0.1, 0.15) is 21.5 Å². The molecule has 0 aliphatic carbocycles. The van der Waals surface area contributed by atoms with E-state index in [1.165, 1.54) is 10.7 Å². The van der Waals surface area contributed by atoms with Crippen molar-refractivity contribution >= 4 is 23.1 Å². The minimum Gasteiger partial charge on any atom is -0.488 e. The lowest BCUT2D eigenvalue weighted by atomic mass is 10.1. The van der Waals surface area contributed by atoms with E-state index in [1.54, 1.807) is 48.7 Å². The maximum atomic E-state index is 13.4. The predicted octanol–water partition coefficient (Wildman–Crippen LogP) is 5.22. The van der Waals surface area contributed by atoms with Crippen LogP contribution in [0.2, 0.25) is 0 Å². The molecule has 7 nitrogen and oxygen atoms in total. The van der Waals surface area contributed by atoms with Gasteiger partial charge in [0, 0.05) is 11.1 Å². The third-order valence-electron chi connectivity index (χ3n) is 5.59. The fourth-order valence-corrected chi connectivity index (χ4v) is 3.80. The molecule has 1 N–H and O–H groups in total. The largest absolute Gasteiger partial charge is 0.488 e. The zero-order chi connectivity index (χ0) is 24.9. The summed E-state index contributed by atoms with van der Waals surface area (Å²) in [5.74, 6) is -0.0162. The Kier molecular flexibility index (Phi) is 6.36. The minimum atomic E-state index is -0.993. The van der Waals surface area contributed by atoms with Crippen LogP contribution in [-0.2, 0) is 6.61 Å². The first-order chi connectivity index (χ1) is 17.6. The lowest BCUT2D eigenvalue weighted by molar-refractivity contribution is 0.0696. The summed E-state index contributed by atoms with van der Waals surface area (Å²) in [4.78, 5) is 29.3. The Balaban J connectivity index is 1.51. The van der Waals surface area contributed by atoms with E-state index in [-0.39, 0.29) is 17.7 Å². The molecule has 4 aromatic carbocycles. The second-order valence-electron chi connectivity index (χ2n) is 8.01. The van der Waals surface area contributed by atoms with Gasteiger partial charge in [0.2, 0.25) is 0 Å². The Morgan fingerprint density at radius 3 is 2.50 bits per heavy atom. The molecule has 0 spiro atoms. The first kappa shape index (κ1) is 22.7. The second-order valence-corrected chi connectivity index (χ2v) is 8.01. The molecule has 0 saturated heterocycles. The molecule has 0 amide bonds. The zero-order valence-corrected chi connectivity index (χ0v) is 19.1. The van der Waals surface area contributed by atoms with Gasteiger partial charge in [0.25, 0.3) is 5.56 Å². The fourth-order valence-electron chi connectivity index (χ4n) is 3.80. The number of aromatic carboxylic acids is 1. The third-order valence-corrected chi connectivity index (χ3v) is 5.59. The van der Waals surface area contributed by atoms with E-state index in [1.807, 2.05) is 54.6 Å². The number of benzene rings is 4. The lowest BCUT2D eigenvalue weighted by Gasteiger charge is -2.11. The summed E-state index contributed by atoms with van der Waals surface area (Å²) >= 11 is 0. The summed E-state index contributed by atoms with van der Waals surface area (Å²) in [7, 11) is 0. The number of ether oxygens (including phenoxy) is 1. The van der Waals surface area contributed by atoms with Gasteiger partial charge in [-0.25, -0.2) is 9.78 Å². The maximum Gasteiger partial charge on any atom is 0.335 e. The quantitative estimate of drug-likeness (QED) is 0.326. The molecule has 176 valence electrons. The van der Waals surface area contributed by atoms with Crippen molar-refractivity contribution in [3.63, 3.8) is 0 Å². The van der Waals surface area contributed by atoms with Crippen molar-refractivity contribution in [2.75, 3.05) is 0 Å². The Labute approximate surface area is 206 Å².